The van der Waals surface area contributed by atoms with Crippen LogP contribution in [0, 0.1) is 13.8 Å². The van der Waals surface area contributed by atoms with Crippen LogP contribution < -0.4 is 5.32 Å². The van der Waals surface area contributed by atoms with Crippen molar-refractivity contribution in [2.75, 3.05) is 11.9 Å². The van der Waals surface area contributed by atoms with Gasteiger partial charge in [0, 0.05) is 35.4 Å². The van der Waals surface area contributed by atoms with Gasteiger partial charge in [0.2, 0.25) is 0 Å². The highest BCUT2D eigenvalue weighted by molar-refractivity contribution is 6.12. The molecular formula is C29H33N5O3. The Kier molecular flexibility index (Phi) is 6.58. The number of aromatic nitrogens is 3. The number of furan rings is 1. The minimum absolute atomic E-state index is 0.0393. The lowest BCUT2D eigenvalue weighted by atomic mass is 10.0. The van der Waals surface area contributed by atoms with Crippen LogP contribution in [0.5, 0.6) is 0 Å². The Balaban J connectivity index is 1.45. The van der Waals surface area contributed by atoms with Crippen molar-refractivity contribution in [3.8, 4) is 11.3 Å². The lowest BCUT2D eigenvalue weighted by molar-refractivity contribution is 0.0635. The molecule has 1 aliphatic heterocycles. The lowest BCUT2D eigenvalue weighted by Gasteiger charge is -2.33. The van der Waals surface area contributed by atoms with E-state index in [9.17, 15) is 9.59 Å². The molecule has 1 saturated heterocycles. The third kappa shape index (κ3) is 4.75. The number of amides is 2. The molecule has 37 heavy (non-hydrogen) atoms. The number of hydrogen-bond donors (Lipinski definition) is 1. The summed E-state index contributed by atoms with van der Waals surface area (Å²) in [6.45, 7) is 10.7. The number of rotatable bonds is 5. The molecule has 1 fully saturated rings. The molecular weight excluding hydrogens is 466 g/mol. The molecule has 1 aromatic carbocycles. The van der Waals surface area contributed by atoms with E-state index < -0.39 is 0 Å². The van der Waals surface area contributed by atoms with Crippen molar-refractivity contribution in [3.05, 3.63) is 65.2 Å². The number of hydrogen-bond acceptors (Lipinski definition) is 5. The highest BCUT2D eigenvalue weighted by Crippen LogP contribution is 2.30. The molecule has 0 bridgehead atoms. The Morgan fingerprint density at radius 1 is 1.11 bits per heavy atom. The molecule has 4 heterocycles. The number of benzene rings is 1. The predicted octanol–water partition coefficient (Wildman–Crippen LogP) is 6.16. The Morgan fingerprint density at radius 2 is 1.86 bits per heavy atom. The SMILES string of the molecule is Cc1cc(-c2cc(C(=O)Nc3ccc(C(=O)N4CCCCC4C)cc3)c3cnn(C(C)C)c3n2)c(C)o1. The number of aryl methyl sites for hydroxylation is 2. The first kappa shape index (κ1) is 24.7. The fraction of sp³-hybridized carbons (Fsp3) is 0.379. The van der Waals surface area contributed by atoms with Crippen LogP contribution in [0.25, 0.3) is 22.3 Å². The first-order chi connectivity index (χ1) is 17.7. The third-order valence-corrected chi connectivity index (χ3v) is 7.07. The van der Waals surface area contributed by atoms with Crippen LogP contribution in [0.4, 0.5) is 5.69 Å². The van der Waals surface area contributed by atoms with E-state index in [1.54, 1.807) is 36.5 Å². The van der Waals surface area contributed by atoms with Gasteiger partial charge in [-0.2, -0.15) is 5.10 Å². The number of nitrogens with one attached hydrogen (secondary N) is 1. The summed E-state index contributed by atoms with van der Waals surface area (Å²) < 4.78 is 7.54. The second kappa shape index (κ2) is 9.84. The fourth-order valence-electron chi connectivity index (χ4n) is 5.07. The van der Waals surface area contributed by atoms with E-state index >= 15 is 0 Å². The van der Waals surface area contributed by atoms with Crippen molar-refractivity contribution >= 4 is 28.5 Å². The van der Waals surface area contributed by atoms with Crippen LogP contribution in [0.2, 0.25) is 0 Å². The maximum atomic E-state index is 13.5. The van der Waals surface area contributed by atoms with Crippen molar-refractivity contribution < 1.29 is 14.0 Å². The van der Waals surface area contributed by atoms with Crippen LogP contribution >= 0.6 is 0 Å². The second-order valence-corrected chi connectivity index (χ2v) is 10.2. The van der Waals surface area contributed by atoms with Gasteiger partial charge in [0.25, 0.3) is 11.8 Å². The molecule has 0 saturated carbocycles. The zero-order valence-corrected chi connectivity index (χ0v) is 22.0. The van der Waals surface area contributed by atoms with Crippen molar-refractivity contribution in [2.24, 2.45) is 0 Å². The Morgan fingerprint density at radius 3 is 2.51 bits per heavy atom. The topological polar surface area (TPSA) is 93.3 Å². The van der Waals surface area contributed by atoms with E-state index in [0.717, 1.165) is 42.9 Å². The molecule has 0 radical (unpaired) electrons. The number of nitrogens with zero attached hydrogens (tertiary/aromatic N) is 4. The number of piperidine rings is 1. The Labute approximate surface area is 216 Å². The van der Waals surface area contributed by atoms with Gasteiger partial charge in [0.05, 0.1) is 22.8 Å². The summed E-state index contributed by atoms with van der Waals surface area (Å²) in [4.78, 5) is 33.3. The van der Waals surface area contributed by atoms with E-state index in [1.165, 1.54) is 0 Å². The lowest BCUT2D eigenvalue weighted by Crippen LogP contribution is -2.42. The largest absolute Gasteiger partial charge is 0.466 e. The predicted molar refractivity (Wildman–Crippen MR) is 144 cm³/mol. The van der Waals surface area contributed by atoms with Gasteiger partial charge in [-0.05, 0) is 90.3 Å². The normalized spacial score (nSPS) is 15.9. The van der Waals surface area contributed by atoms with E-state index in [0.29, 0.717) is 33.5 Å². The summed E-state index contributed by atoms with van der Waals surface area (Å²) in [6.07, 6.45) is 4.93. The molecule has 0 spiro atoms. The smallest absolute Gasteiger partial charge is 0.256 e. The van der Waals surface area contributed by atoms with Crippen molar-refractivity contribution in [1.82, 2.24) is 19.7 Å². The highest BCUT2D eigenvalue weighted by atomic mass is 16.3. The van der Waals surface area contributed by atoms with Crippen LogP contribution in [0.1, 0.15) is 78.3 Å². The molecule has 1 N–H and O–H groups in total. The van der Waals surface area contributed by atoms with Gasteiger partial charge < -0.3 is 14.6 Å². The molecule has 8 heteroatoms. The molecule has 1 unspecified atom stereocenters. The second-order valence-electron chi connectivity index (χ2n) is 10.2. The van der Waals surface area contributed by atoms with Crippen LogP contribution in [0.15, 0.2) is 47.0 Å². The molecule has 192 valence electrons. The zero-order valence-electron chi connectivity index (χ0n) is 22.0. The summed E-state index contributed by atoms with van der Waals surface area (Å²) in [7, 11) is 0. The highest BCUT2D eigenvalue weighted by Gasteiger charge is 2.24. The molecule has 8 nitrogen and oxygen atoms in total. The first-order valence-electron chi connectivity index (χ1n) is 12.9. The monoisotopic (exact) mass is 499 g/mol. The minimum atomic E-state index is -0.265. The van der Waals surface area contributed by atoms with Gasteiger partial charge >= 0.3 is 0 Å². The van der Waals surface area contributed by atoms with Gasteiger partial charge in [-0.1, -0.05) is 0 Å². The van der Waals surface area contributed by atoms with Crippen molar-refractivity contribution in [3.63, 3.8) is 0 Å². The van der Waals surface area contributed by atoms with E-state index in [4.69, 9.17) is 9.40 Å². The van der Waals surface area contributed by atoms with E-state index in [-0.39, 0.29) is 23.9 Å². The minimum Gasteiger partial charge on any atom is -0.466 e. The number of likely N-dealkylation sites (tertiary alicyclic amines) is 1. The number of carbonyl (C=O) groups is 2. The van der Waals surface area contributed by atoms with Gasteiger partial charge in [-0.15, -0.1) is 0 Å². The third-order valence-electron chi connectivity index (χ3n) is 7.07. The van der Waals surface area contributed by atoms with Gasteiger partial charge in [-0.25, -0.2) is 9.67 Å². The van der Waals surface area contributed by atoms with E-state index in [2.05, 4.69) is 17.3 Å². The standard InChI is InChI=1S/C29H33N5O3/c1-17(2)34-27-25(16-30-34)24(15-26(32-27)23-14-19(4)37-20(23)5)28(35)31-22-11-9-21(10-12-22)29(36)33-13-7-6-8-18(33)3/h9-12,14-18H,6-8,13H2,1-5H3,(H,31,35). The van der Waals surface area contributed by atoms with Gasteiger partial charge in [0.1, 0.15) is 11.5 Å². The summed E-state index contributed by atoms with van der Waals surface area (Å²) in [6, 6.07) is 11.2. The number of carbonyl (C=O) groups excluding carboxylic acids is 2. The zero-order chi connectivity index (χ0) is 26.3. The quantitative estimate of drug-likeness (QED) is 0.355. The van der Waals surface area contributed by atoms with E-state index in [1.807, 2.05) is 43.3 Å². The fourth-order valence-corrected chi connectivity index (χ4v) is 5.07. The van der Waals surface area contributed by atoms with Crippen LogP contribution in [-0.2, 0) is 0 Å². The van der Waals surface area contributed by atoms with Gasteiger partial charge in [0.15, 0.2) is 5.65 Å². The summed E-state index contributed by atoms with van der Waals surface area (Å²) in [5, 5.41) is 8.17. The molecule has 5 rings (SSSR count). The molecule has 2 amide bonds. The van der Waals surface area contributed by atoms with Gasteiger partial charge in [-0.3, -0.25) is 9.59 Å². The van der Waals surface area contributed by atoms with Crippen LogP contribution in [-0.4, -0.2) is 44.1 Å². The maximum absolute atomic E-state index is 13.5. The summed E-state index contributed by atoms with van der Waals surface area (Å²) in [5.74, 6) is 1.30. The van der Waals surface area contributed by atoms with Crippen LogP contribution in [0.3, 0.4) is 0 Å². The number of pyridine rings is 1. The number of fused-ring (bicyclic) bond motifs is 1. The molecule has 1 aliphatic rings. The number of anilines is 1. The summed E-state index contributed by atoms with van der Waals surface area (Å²) in [5.41, 5.74) is 3.88. The molecule has 0 aliphatic carbocycles. The molecule has 1 atom stereocenters. The Hall–Kier alpha value is -3.94. The average molecular weight is 500 g/mol. The average Bonchev–Trinajstić information content (AvgIpc) is 3.46. The summed E-state index contributed by atoms with van der Waals surface area (Å²) >= 11 is 0. The van der Waals surface area contributed by atoms with Crippen molar-refractivity contribution in [2.45, 2.75) is 66.0 Å². The first-order valence-corrected chi connectivity index (χ1v) is 12.9. The molecule has 3 aromatic heterocycles. The van der Waals surface area contributed by atoms with Crippen molar-refractivity contribution in [1.29, 1.82) is 0 Å². The molecule has 4 aromatic rings. The Bertz CT molecular complexity index is 1460. The maximum Gasteiger partial charge on any atom is 0.256 e.